The molecule has 14 heavy (non-hydrogen) atoms. The Balaban J connectivity index is 2.04. The summed E-state index contributed by atoms with van der Waals surface area (Å²) in [4.78, 5) is 4.44. The first-order chi connectivity index (χ1) is 6.90. The molecule has 1 aromatic rings. The lowest BCUT2D eigenvalue weighted by atomic mass is 10.2. The van der Waals surface area contributed by atoms with E-state index in [1.54, 1.807) is 11.3 Å². The molecule has 1 unspecified atom stereocenters. The van der Waals surface area contributed by atoms with Crippen LogP contribution in [0.5, 0.6) is 0 Å². The van der Waals surface area contributed by atoms with Crippen LogP contribution in [0.2, 0.25) is 0 Å². The first-order valence-corrected chi connectivity index (χ1v) is 6.56. The molecule has 1 aliphatic heterocycles. The molecule has 74 valence electrons. The summed E-state index contributed by atoms with van der Waals surface area (Å²) in [5.74, 6) is 2.28. The summed E-state index contributed by atoms with van der Waals surface area (Å²) in [6.45, 7) is 1.06. The molecule has 2 rings (SSSR count). The van der Waals surface area contributed by atoms with Gasteiger partial charge in [-0.3, -0.25) is 0 Å². The molecule has 1 fully saturated rings. The van der Waals surface area contributed by atoms with Gasteiger partial charge < -0.3 is 5.32 Å². The van der Waals surface area contributed by atoms with E-state index in [9.17, 15) is 0 Å². The van der Waals surface area contributed by atoms with Crippen LogP contribution in [-0.4, -0.2) is 23.0 Å². The van der Waals surface area contributed by atoms with Gasteiger partial charge >= 0.3 is 0 Å². The topological polar surface area (TPSA) is 48.7 Å². The summed E-state index contributed by atoms with van der Waals surface area (Å²) in [5, 5.41) is 15.0. The Morgan fingerprint density at radius 2 is 2.64 bits per heavy atom. The lowest BCUT2D eigenvalue weighted by molar-refractivity contribution is 0.582. The zero-order chi connectivity index (χ0) is 9.80. The number of nitrogens with zero attached hydrogens (tertiary/aromatic N) is 2. The Hall–Kier alpha value is -0.570. The van der Waals surface area contributed by atoms with Crippen molar-refractivity contribution in [2.75, 3.05) is 18.1 Å². The third-order valence-corrected chi connectivity index (χ3v) is 4.01. The SMILES string of the molecule is N#CCc1nc(C2CSCCN2)cs1. The summed E-state index contributed by atoms with van der Waals surface area (Å²) < 4.78 is 0. The predicted octanol–water partition coefficient (Wildman–Crippen LogP) is 1.59. The molecule has 1 N–H and O–H groups in total. The zero-order valence-electron chi connectivity index (χ0n) is 7.69. The average Bonchev–Trinajstić information content (AvgIpc) is 2.68. The van der Waals surface area contributed by atoms with Gasteiger partial charge in [0.25, 0.3) is 0 Å². The average molecular weight is 225 g/mol. The van der Waals surface area contributed by atoms with E-state index in [4.69, 9.17) is 5.26 Å². The first kappa shape index (κ1) is 9.97. The van der Waals surface area contributed by atoms with Gasteiger partial charge in [0.15, 0.2) is 0 Å². The van der Waals surface area contributed by atoms with Gasteiger partial charge in [0.2, 0.25) is 0 Å². The van der Waals surface area contributed by atoms with Crippen molar-refractivity contribution >= 4 is 23.1 Å². The van der Waals surface area contributed by atoms with Gasteiger partial charge in [0.05, 0.1) is 24.2 Å². The molecule has 1 aliphatic rings. The first-order valence-electron chi connectivity index (χ1n) is 4.52. The Morgan fingerprint density at radius 1 is 1.71 bits per heavy atom. The third-order valence-electron chi connectivity index (χ3n) is 2.08. The second kappa shape index (κ2) is 4.78. The minimum Gasteiger partial charge on any atom is -0.307 e. The monoisotopic (exact) mass is 225 g/mol. The molecule has 1 saturated heterocycles. The summed E-state index contributed by atoms with van der Waals surface area (Å²) in [6, 6.07) is 2.51. The van der Waals surface area contributed by atoms with E-state index >= 15 is 0 Å². The Bertz CT molecular complexity index is 336. The molecule has 1 aromatic heterocycles. The number of rotatable bonds is 2. The van der Waals surface area contributed by atoms with Crippen LogP contribution >= 0.6 is 23.1 Å². The van der Waals surface area contributed by atoms with E-state index in [1.165, 1.54) is 5.75 Å². The van der Waals surface area contributed by atoms with Crippen LogP contribution < -0.4 is 5.32 Å². The van der Waals surface area contributed by atoms with Crippen molar-refractivity contribution in [2.45, 2.75) is 12.5 Å². The number of hydrogen-bond donors (Lipinski definition) is 1. The number of hydrogen-bond acceptors (Lipinski definition) is 5. The summed E-state index contributed by atoms with van der Waals surface area (Å²) in [5.41, 5.74) is 1.10. The molecule has 0 spiro atoms. The number of nitrogens with one attached hydrogen (secondary N) is 1. The molecule has 0 aliphatic carbocycles. The summed E-state index contributed by atoms with van der Waals surface area (Å²) >= 11 is 3.54. The van der Waals surface area contributed by atoms with E-state index in [2.05, 4.69) is 21.8 Å². The minimum atomic E-state index is 0.387. The van der Waals surface area contributed by atoms with Gasteiger partial charge in [-0.2, -0.15) is 17.0 Å². The highest BCUT2D eigenvalue weighted by molar-refractivity contribution is 7.99. The largest absolute Gasteiger partial charge is 0.307 e. The highest BCUT2D eigenvalue weighted by Crippen LogP contribution is 2.23. The van der Waals surface area contributed by atoms with Crippen LogP contribution in [0.25, 0.3) is 0 Å². The molecular weight excluding hydrogens is 214 g/mol. The van der Waals surface area contributed by atoms with Gasteiger partial charge in [0.1, 0.15) is 5.01 Å². The van der Waals surface area contributed by atoms with Gasteiger partial charge in [0, 0.05) is 23.4 Å². The van der Waals surface area contributed by atoms with E-state index in [0.29, 0.717) is 12.5 Å². The lowest BCUT2D eigenvalue weighted by Gasteiger charge is -2.21. The highest BCUT2D eigenvalue weighted by Gasteiger charge is 2.17. The van der Waals surface area contributed by atoms with Crippen molar-refractivity contribution in [3.63, 3.8) is 0 Å². The summed E-state index contributed by atoms with van der Waals surface area (Å²) in [6.07, 6.45) is 0.435. The molecular formula is C9H11N3S2. The molecule has 0 bridgehead atoms. The van der Waals surface area contributed by atoms with Crippen molar-refractivity contribution < 1.29 is 0 Å². The van der Waals surface area contributed by atoms with Crippen LogP contribution in [0.3, 0.4) is 0 Å². The fraction of sp³-hybridized carbons (Fsp3) is 0.556. The maximum absolute atomic E-state index is 8.54. The van der Waals surface area contributed by atoms with Crippen molar-refractivity contribution in [2.24, 2.45) is 0 Å². The highest BCUT2D eigenvalue weighted by atomic mass is 32.2. The van der Waals surface area contributed by atoms with Crippen LogP contribution in [0.4, 0.5) is 0 Å². The van der Waals surface area contributed by atoms with E-state index in [1.807, 2.05) is 11.8 Å². The van der Waals surface area contributed by atoms with Gasteiger partial charge in [-0.15, -0.1) is 11.3 Å². The van der Waals surface area contributed by atoms with E-state index in [-0.39, 0.29) is 0 Å². The fourth-order valence-electron chi connectivity index (χ4n) is 1.39. The molecule has 5 heteroatoms. The number of nitriles is 1. The van der Waals surface area contributed by atoms with Crippen LogP contribution in [-0.2, 0) is 6.42 Å². The summed E-state index contributed by atoms with van der Waals surface area (Å²) in [7, 11) is 0. The Labute approximate surface area is 91.5 Å². The quantitative estimate of drug-likeness (QED) is 0.830. The molecule has 0 radical (unpaired) electrons. The van der Waals surface area contributed by atoms with Crippen molar-refractivity contribution in [1.29, 1.82) is 5.26 Å². The smallest absolute Gasteiger partial charge is 0.107 e. The second-order valence-corrected chi connectivity index (χ2v) is 5.18. The van der Waals surface area contributed by atoms with Gasteiger partial charge in [-0.1, -0.05) is 0 Å². The van der Waals surface area contributed by atoms with Crippen LogP contribution in [0.1, 0.15) is 16.7 Å². The van der Waals surface area contributed by atoms with Crippen LogP contribution in [0.15, 0.2) is 5.38 Å². The Kier molecular flexibility index (Phi) is 3.40. The van der Waals surface area contributed by atoms with Crippen molar-refractivity contribution in [3.8, 4) is 6.07 Å². The molecule has 3 nitrogen and oxygen atoms in total. The maximum atomic E-state index is 8.54. The van der Waals surface area contributed by atoms with E-state index in [0.717, 1.165) is 23.0 Å². The van der Waals surface area contributed by atoms with Gasteiger partial charge in [-0.05, 0) is 0 Å². The van der Waals surface area contributed by atoms with Crippen LogP contribution in [0, 0.1) is 11.3 Å². The van der Waals surface area contributed by atoms with Gasteiger partial charge in [-0.25, -0.2) is 4.98 Å². The number of thioether (sulfide) groups is 1. The molecule has 1 atom stereocenters. The standard InChI is InChI=1S/C9H11N3S2/c10-2-1-9-12-8(6-14-9)7-5-13-4-3-11-7/h6-7,11H,1,3-5H2. The van der Waals surface area contributed by atoms with Crippen molar-refractivity contribution in [1.82, 2.24) is 10.3 Å². The normalized spacial score (nSPS) is 21.8. The molecule has 0 aromatic carbocycles. The van der Waals surface area contributed by atoms with Crippen molar-refractivity contribution in [3.05, 3.63) is 16.1 Å². The third kappa shape index (κ3) is 2.27. The fourth-order valence-corrected chi connectivity index (χ4v) is 3.12. The second-order valence-electron chi connectivity index (χ2n) is 3.08. The Morgan fingerprint density at radius 3 is 3.36 bits per heavy atom. The number of aromatic nitrogens is 1. The minimum absolute atomic E-state index is 0.387. The predicted molar refractivity (Wildman–Crippen MR) is 59.5 cm³/mol. The molecule has 0 saturated carbocycles. The zero-order valence-corrected chi connectivity index (χ0v) is 9.33. The molecule has 0 amide bonds. The number of thiazole rings is 1. The van der Waals surface area contributed by atoms with E-state index < -0.39 is 0 Å². The lowest BCUT2D eigenvalue weighted by Crippen LogP contribution is -2.30. The molecule has 2 heterocycles. The maximum Gasteiger partial charge on any atom is 0.107 e.